The fourth-order valence-corrected chi connectivity index (χ4v) is 0.729. The second-order valence-electron chi connectivity index (χ2n) is 2.82. The highest BCUT2D eigenvalue weighted by Crippen LogP contribution is 1.93. The molecule has 2 nitrogen and oxygen atoms in total. The first-order chi connectivity index (χ1) is 5.24. The second-order valence-corrected chi connectivity index (χ2v) is 2.82. The van der Waals surface area contributed by atoms with E-state index in [2.05, 4.69) is 11.2 Å². The summed E-state index contributed by atoms with van der Waals surface area (Å²) in [5, 5.41) is 11.9. The van der Waals surface area contributed by atoms with Gasteiger partial charge >= 0.3 is 0 Å². The smallest absolute Gasteiger partial charge is 0.0684 e. The van der Waals surface area contributed by atoms with Crippen molar-refractivity contribution in [1.29, 1.82) is 0 Å². The third-order valence-electron chi connectivity index (χ3n) is 1.63. The van der Waals surface area contributed by atoms with Crippen LogP contribution in [0.4, 0.5) is 0 Å². The predicted octanol–water partition coefficient (Wildman–Crippen LogP) is 0.616. The van der Waals surface area contributed by atoms with E-state index in [9.17, 15) is 0 Å². The number of hydrogen-bond acceptors (Lipinski definition) is 2. The van der Waals surface area contributed by atoms with E-state index in [1.165, 1.54) is 0 Å². The van der Waals surface area contributed by atoms with Crippen LogP contribution in [0.5, 0.6) is 0 Å². The Bertz CT molecular complexity index is 128. The third-order valence-corrected chi connectivity index (χ3v) is 1.63. The van der Waals surface area contributed by atoms with Crippen molar-refractivity contribution in [2.24, 2.45) is 5.92 Å². The molecule has 0 aliphatic heterocycles. The summed E-state index contributed by atoms with van der Waals surface area (Å²) in [6, 6.07) is 0.156. The highest BCUT2D eigenvalue weighted by molar-refractivity contribution is 4.97. The molecule has 0 spiro atoms. The standard InChI is InChI=1S/C9H17NO/c1-4-9(5-2)10-6-8(3)7-11/h1,8-11H,5-7H2,2-3H3. The van der Waals surface area contributed by atoms with Crippen molar-refractivity contribution < 1.29 is 5.11 Å². The van der Waals surface area contributed by atoms with Crippen LogP contribution < -0.4 is 5.32 Å². The van der Waals surface area contributed by atoms with Crippen molar-refractivity contribution in [2.45, 2.75) is 26.3 Å². The topological polar surface area (TPSA) is 32.3 Å². The quantitative estimate of drug-likeness (QED) is 0.570. The van der Waals surface area contributed by atoms with Crippen LogP contribution in [0.25, 0.3) is 0 Å². The van der Waals surface area contributed by atoms with Crippen LogP contribution in [0.1, 0.15) is 20.3 Å². The Balaban J connectivity index is 3.44. The van der Waals surface area contributed by atoms with E-state index < -0.39 is 0 Å². The lowest BCUT2D eigenvalue weighted by Crippen LogP contribution is -2.31. The molecule has 0 amide bonds. The second kappa shape index (κ2) is 6.21. The van der Waals surface area contributed by atoms with Gasteiger partial charge in [-0.3, -0.25) is 0 Å². The Morgan fingerprint density at radius 3 is 2.64 bits per heavy atom. The molecule has 2 unspecified atom stereocenters. The molecule has 0 aromatic heterocycles. The lowest BCUT2D eigenvalue weighted by molar-refractivity contribution is 0.232. The van der Waals surface area contributed by atoms with Gasteiger partial charge in [0, 0.05) is 13.2 Å². The van der Waals surface area contributed by atoms with Gasteiger partial charge in [-0.1, -0.05) is 19.8 Å². The van der Waals surface area contributed by atoms with Crippen LogP contribution in [-0.2, 0) is 0 Å². The number of aliphatic hydroxyl groups excluding tert-OH is 1. The van der Waals surface area contributed by atoms with Crippen LogP contribution in [0.2, 0.25) is 0 Å². The number of terminal acetylenes is 1. The summed E-state index contributed by atoms with van der Waals surface area (Å²) in [7, 11) is 0. The molecule has 0 saturated heterocycles. The molecule has 0 rings (SSSR count). The van der Waals surface area contributed by atoms with Gasteiger partial charge in [-0.2, -0.15) is 0 Å². The van der Waals surface area contributed by atoms with E-state index in [1.807, 2.05) is 13.8 Å². The molecular weight excluding hydrogens is 138 g/mol. The SMILES string of the molecule is C#CC(CC)NCC(C)CO. The molecule has 0 aliphatic rings. The molecule has 0 fully saturated rings. The van der Waals surface area contributed by atoms with Crippen molar-refractivity contribution in [3.05, 3.63) is 0 Å². The maximum Gasteiger partial charge on any atom is 0.0684 e. The van der Waals surface area contributed by atoms with E-state index in [0.717, 1.165) is 13.0 Å². The van der Waals surface area contributed by atoms with Crippen molar-refractivity contribution >= 4 is 0 Å². The van der Waals surface area contributed by atoms with E-state index in [-0.39, 0.29) is 18.6 Å². The van der Waals surface area contributed by atoms with Gasteiger partial charge in [-0.25, -0.2) is 0 Å². The summed E-state index contributed by atoms with van der Waals surface area (Å²) < 4.78 is 0. The Morgan fingerprint density at radius 1 is 1.64 bits per heavy atom. The van der Waals surface area contributed by atoms with Gasteiger partial charge in [-0.15, -0.1) is 6.42 Å². The van der Waals surface area contributed by atoms with Crippen molar-refractivity contribution in [2.75, 3.05) is 13.2 Å². The Labute approximate surface area is 69.0 Å². The van der Waals surface area contributed by atoms with Gasteiger partial charge in [0.2, 0.25) is 0 Å². The van der Waals surface area contributed by atoms with Crippen LogP contribution >= 0.6 is 0 Å². The minimum absolute atomic E-state index is 0.156. The predicted molar refractivity (Wildman–Crippen MR) is 47.2 cm³/mol. The lowest BCUT2D eigenvalue weighted by Gasteiger charge is -2.13. The van der Waals surface area contributed by atoms with E-state index in [4.69, 9.17) is 11.5 Å². The first-order valence-electron chi connectivity index (χ1n) is 4.05. The van der Waals surface area contributed by atoms with Crippen LogP contribution in [-0.4, -0.2) is 24.3 Å². The highest BCUT2D eigenvalue weighted by Gasteiger charge is 2.03. The van der Waals surface area contributed by atoms with E-state index >= 15 is 0 Å². The fourth-order valence-electron chi connectivity index (χ4n) is 0.729. The Kier molecular flexibility index (Phi) is 5.91. The first-order valence-corrected chi connectivity index (χ1v) is 4.05. The van der Waals surface area contributed by atoms with Crippen LogP contribution in [0.15, 0.2) is 0 Å². The van der Waals surface area contributed by atoms with Gasteiger partial charge in [0.05, 0.1) is 6.04 Å². The van der Waals surface area contributed by atoms with Crippen molar-refractivity contribution in [3.63, 3.8) is 0 Å². The van der Waals surface area contributed by atoms with Gasteiger partial charge < -0.3 is 10.4 Å². The molecule has 2 heteroatoms. The zero-order chi connectivity index (χ0) is 8.69. The highest BCUT2D eigenvalue weighted by atomic mass is 16.3. The number of nitrogens with one attached hydrogen (secondary N) is 1. The third kappa shape index (κ3) is 4.83. The maximum absolute atomic E-state index is 8.70. The average Bonchev–Trinajstić information content (AvgIpc) is 2.06. The average molecular weight is 155 g/mol. The minimum Gasteiger partial charge on any atom is -0.396 e. The number of rotatable bonds is 5. The lowest BCUT2D eigenvalue weighted by atomic mass is 10.1. The van der Waals surface area contributed by atoms with E-state index in [0.29, 0.717) is 0 Å². The summed E-state index contributed by atoms with van der Waals surface area (Å²) in [4.78, 5) is 0. The molecule has 0 bridgehead atoms. The normalized spacial score (nSPS) is 15.5. The first kappa shape index (κ1) is 10.5. The molecule has 2 N–H and O–H groups in total. The summed E-state index contributed by atoms with van der Waals surface area (Å²) in [5.41, 5.74) is 0. The molecule has 0 aromatic carbocycles. The molecular formula is C9H17NO. The van der Waals surface area contributed by atoms with Gasteiger partial charge in [0.25, 0.3) is 0 Å². The zero-order valence-electron chi connectivity index (χ0n) is 7.30. The maximum atomic E-state index is 8.70. The number of aliphatic hydroxyl groups is 1. The van der Waals surface area contributed by atoms with E-state index in [1.54, 1.807) is 0 Å². The van der Waals surface area contributed by atoms with Crippen molar-refractivity contribution in [1.82, 2.24) is 5.32 Å². The summed E-state index contributed by atoms with van der Waals surface area (Å²) in [5.74, 6) is 2.93. The zero-order valence-corrected chi connectivity index (χ0v) is 7.30. The number of hydrogen-bond donors (Lipinski definition) is 2. The molecule has 0 aromatic rings. The molecule has 2 atom stereocenters. The van der Waals surface area contributed by atoms with Gasteiger partial charge in [-0.05, 0) is 12.3 Å². The van der Waals surface area contributed by atoms with Crippen LogP contribution in [0.3, 0.4) is 0 Å². The molecule has 0 heterocycles. The molecule has 11 heavy (non-hydrogen) atoms. The molecule has 0 aliphatic carbocycles. The fraction of sp³-hybridized carbons (Fsp3) is 0.778. The molecule has 0 saturated carbocycles. The summed E-state index contributed by atoms with van der Waals surface area (Å²) in [6.45, 7) is 5.03. The van der Waals surface area contributed by atoms with Gasteiger partial charge in [0.15, 0.2) is 0 Å². The Hall–Kier alpha value is -0.520. The minimum atomic E-state index is 0.156. The van der Waals surface area contributed by atoms with Crippen LogP contribution in [0, 0.1) is 18.3 Å². The summed E-state index contributed by atoms with van der Waals surface area (Å²) >= 11 is 0. The molecule has 64 valence electrons. The Morgan fingerprint density at radius 2 is 2.27 bits per heavy atom. The van der Waals surface area contributed by atoms with Gasteiger partial charge in [0.1, 0.15) is 0 Å². The monoisotopic (exact) mass is 155 g/mol. The molecule has 0 radical (unpaired) electrons. The summed E-state index contributed by atoms with van der Waals surface area (Å²) in [6.07, 6.45) is 6.18. The van der Waals surface area contributed by atoms with Crippen molar-refractivity contribution in [3.8, 4) is 12.3 Å². The largest absolute Gasteiger partial charge is 0.396 e.